The lowest BCUT2D eigenvalue weighted by molar-refractivity contribution is -0.0440. The van der Waals surface area contributed by atoms with Crippen LogP contribution in [0.4, 0.5) is 5.82 Å². The summed E-state index contributed by atoms with van der Waals surface area (Å²) in [5.41, 5.74) is 3.85. The molecule has 1 saturated heterocycles. The zero-order valence-electron chi connectivity index (χ0n) is 22.2. The zero-order chi connectivity index (χ0) is 28.5. The van der Waals surface area contributed by atoms with Crippen LogP contribution in [-0.2, 0) is 11.2 Å². The number of nitrogens with zero attached hydrogens (tertiary/aromatic N) is 4. The highest BCUT2D eigenvalue weighted by molar-refractivity contribution is 5.99. The molecule has 2 aromatic carbocycles. The van der Waals surface area contributed by atoms with Gasteiger partial charge in [-0.15, -0.1) is 0 Å². The minimum Gasteiger partial charge on any atom is -0.394 e. The number of benzene rings is 2. The van der Waals surface area contributed by atoms with Crippen LogP contribution in [0.15, 0.2) is 67.4 Å². The average Bonchev–Trinajstić information content (AvgIpc) is 3.69. The molecule has 5 aromatic rings. The van der Waals surface area contributed by atoms with Crippen LogP contribution in [0.3, 0.4) is 0 Å². The molecule has 12 heteroatoms. The molecule has 1 aliphatic rings. The van der Waals surface area contributed by atoms with E-state index in [9.17, 15) is 19.8 Å². The number of anilines is 1. The fourth-order valence-corrected chi connectivity index (χ4v) is 5.23. The summed E-state index contributed by atoms with van der Waals surface area (Å²) in [6, 6.07) is 13.5. The number of amides is 1. The number of Topliss-reactive ketones (excluding diaryl/α,β-unsaturated/α-hetero) is 1. The van der Waals surface area contributed by atoms with Crippen LogP contribution >= 0.6 is 0 Å². The standard InChI is InChI=1S/C29H29N7O5/c1-16(38)17-5-4-6-18(11-17)28(40)35-23-25(39)22(13-37)41-29(23)36-15-34-24-26(32-14-33-27(24)36)30-10-9-19-12-31-21-8-3-2-7-20(19)21/h2-8,11-12,14-15,22-23,25,29,31,37,39H,9-10,13H2,1H3,(H,35,40)(H,30,32,33)/t22-,23-,25-,29-/m1/s1. The van der Waals surface area contributed by atoms with Crippen LogP contribution in [0, 0.1) is 0 Å². The van der Waals surface area contributed by atoms with Crippen molar-refractivity contribution < 1.29 is 24.5 Å². The quantitative estimate of drug-likeness (QED) is 0.171. The first-order valence-corrected chi connectivity index (χ1v) is 13.3. The topological polar surface area (TPSA) is 167 Å². The highest BCUT2D eigenvalue weighted by atomic mass is 16.5. The Hall–Kier alpha value is -4.65. The number of H-pyrrole nitrogens is 1. The van der Waals surface area contributed by atoms with Gasteiger partial charge in [0.1, 0.15) is 24.6 Å². The third-order valence-corrected chi connectivity index (χ3v) is 7.37. The smallest absolute Gasteiger partial charge is 0.251 e. The van der Waals surface area contributed by atoms with Gasteiger partial charge in [0, 0.05) is 34.8 Å². The van der Waals surface area contributed by atoms with Crippen molar-refractivity contribution in [3.05, 3.63) is 84.1 Å². The summed E-state index contributed by atoms with van der Waals surface area (Å²) in [6.07, 6.45) is 2.61. The second-order valence-corrected chi connectivity index (χ2v) is 9.96. The van der Waals surface area contributed by atoms with E-state index in [1.807, 2.05) is 24.4 Å². The number of para-hydroxylation sites is 1. The Labute approximate surface area is 234 Å². The molecule has 0 radical (unpaired) electrons. The number of ketones is 1. The Bertz CT molecular complexity index is 1730. The predicted octanol–water partition coefficient (Wildman–Crippen LogP) is 2.21. The molecule has 1 fully saturated rings. The molecule has 0 saturated carbocycles. The Kier molecular flexibility index (Phi) is 7.18. The lowest BCUT2D eigenvalue weighted by Crippen LogP contribution is -2.46. The van der Waals surface area contributed by atoms with Crippen LogP contribution in [0.1, 0.15) is 39.4 Å². The Morgan fingerprint density at radius 3 is 2.76 bits per heavy atom. The van der Waals surface area contributed by atoms with Gasteiger partial charge in [-0.1, -0.05) is 30.3 Å². The highest BCUT2D eigenvalue weighted by Gasteiger charge is 2.46. The number of aromatic amines is 1. The van der Waals surface area contributed by atoms with Crippen molar-refractivity contribution in [3.63, 3.8) is 0 Å². The summed E-state index contributed by atoms with van der Waals surface area (Å²) in [6.45, 7) is 1.57. The van der Waals surface area contributed by atoms with Crippen LogP contribution in [0.25, 0.3) is 22.1 Å². The summed E-state index contributed by atoms with van der Waals surface area (Å²) < 4.78 is 7.58. The molecule has 5 N–H and O–H groups in total. The third kappa shape index (κ3) is 5.04. The van der Waals surface area contributed by atoms with Crippen molar-refractivity contribution in [1.82, 2.24) is 29.8 Å². The SMILES string of the molecule is CC(=O)c1cccc(C(=O)N[C@@H]2[C@H](O)[C@@H](CO)O[C@H]2n2cnc3c(NCCc4c[nH]c5ccccc45)ncnc32)c1. The van der Waals surface area contributed by atoms with Crippen LogP contribution < -0.4 is 10.6 Å². The lowest BCUT2D eigenvalue weighted by atomic mass is 10.1. The van der Waals surface area contributed by atoms with Crippen molar-refractivity contribution >= 4 is 39.6 Å². The predicted molar refractivity (Wildman–Crippen MR) is 151 cm³/mol. The molecular weight excluding hydrogens is 526 g/mol. The van der Waals surface area contributed by atoms with E-state index in [-0.39, 0.29) is 11.3 Å². The fourth-order valence-electron chi connectivity index (χ4n) is 5.23. The number of hydrogen-bond donors (Lipinski definition) is 5. The maximum absolute atomic E-state index is 13.1. The average molecular weight is 556 g/mol. The molecule has 12 nitrogen and oxygen atoms in total. The van der Waals surface area contributed by atoms with Gasteiger partial charge in [0.15, 0.2) is 29.0 Å². The first kappa shape index (κ1) is 26.6. The highest BCUT2D eigenvalue weighted by Crippen LogP contribution is 2.32. The van der Waals surface area contributed by atoms with E-state index in [0.717, 1.165) is 11.9 Å². The van der Waals surface area contributed by atoms with Crippen LogP contribution in [0.5, 0.6) is 0 Å². The summed E-state index contributed by atoms with van der Waals surface area (Å²) in [5.74, 6) is -0.131. The minimum atomic E-state index is -1.21. The molecule has 41 heavy (non-hydrogen) atoms. The monoisotopic (exact) mass is 555 g/mol. The van der Waals surface area contributed by atoms with Gasteiger partial charge in [-0.25, -0.2) is 15.0 Å². The zero-order valence-corrected chi connectivity index (χ0v) is 22.2. The molecule has 0 spiro atoms. The number of aliphatic hydroxyl groups is 2. The molecule has 4 atom stereocenters. The number of carbonyl (C=O) groups is 2. The fraction of sp³-hybridized carbons (Fsp3) is 0.276. The second-order valence-electron chi connectivity index (χ2n) is 9.96. The van der Waals surface area contributed by atoms with Gasteiger partial charge in [0.2, 0.25) is 0 Å². The van der Waals surface area contributed by atoms with E-state index in [2.05, 4.69) is 36.6 Å². The first-order valence-electron chi connectivity index (χ1n) is 13.3. The molecule has 0 aliphatic carbocycles. The normalized spacial score (nSPS) is 20.5. The number of nitrogens with one attached hydrogen (secondary N) is 3. The summed E-state index contributed by atoms with van der Waals surface area (Å²) in [4.78, 5) is 41.5. The molecular formula is C29H29N7O5. The van der Waals surface area contributed by atoms with Crippen LogP contribution in [-0.4, -0.2) is 77.8 Å². The summed E-state index contributed by atoms with van der Waals surface area (Å²) in [5, 5.41) is 28.1. The lowest BCUT2D eigenvalue weighted by Gasteiger charge is -2.23. The van der Waals surface area contributed by atoms with E-state index < -0.39 is 37.0 Å². The van der Waals surface area contributed by atoms with Gasteiger partial charge in [0.05, 0.1) is 12.9 Å². The van der Waals surface area contributed by atoms with E-state index in [0.29, 0.717) is 29.1 Å². The minimum absolute atomic E-state index is 0.169. The van der Waals surface area contributed by atoms with Crippen molar-refractivity contribution in [2.75, 3.05) is 18.5 Å². The molecule has 0 unspecified atom stereocenters. The Morgan fingerprint density at radius 1 is 1.10 bits per heavy atom. The number of imidazole rings is 1. The number of hydrogen-bond acceptors (Lipinski definition) is 9. The number of ether oxygens (including phenoxy) is 1. The number of aliphatic hydroxyl groups excluding tert-OH is 2. The van der Waals surface area contributed by atoms with Gasteiger partial charge >= 0.3 is 0 Å². The van der Waals surface area contributed by atoms with Gasteiger partial charge in [-0.2, -0.15) is 0 Å². The van der Waals surface area contributed by atoms with Crippen molar-refractivity contribution in [2.45, 2.75) is 37.8 Å². The maximum Gasteiger partial charge on any atom is 0.251 e. The van der Waals surface area contributed by atoms with Gasteiger partial charge in [-0.3, -0.25) is 14.2 Å². The maximum atomic E-state index is 13.1. The first-order chi connectivity index (χ1) is 19.9. The molecule has 6 rings (SSSR count). The molecule has 1 aliphatic heterocycles. The molecule has 1 amide bonds. The Morgan fingerprint density at radius 2 is 1.93 bits per heavy atom. The van der Waals surface area contributed by atoms with Crippen LogP contribution in [0.2, 0.25) is 0 Å². The van der Waals surface area contributed by atoms with E-state index in [1.165, 1.54) is 36.6 Å². The van der Waals surface area contributed by atoms with Crippen molar-refractivity contribution in [2.24, 2.45) is 0 Å². The molecule has 210 valence electrons. The molecule has 3 aromatic heterocycles. The van der Waals surface area contributed by atoms with E-state index >= 15 is 0 Å². The Balaban J connectivity index is 1.23. The number of carbonyl (C=O) groups excluding carboxylic acids is 2. The van der Waals surface area contributed by atoms with Gasteiger partial charge < -0.3 is 30.6 Å². The molecule has 4 heterocycles. The number of aromatic nitrogens is 5. The van der Waals surface area contributed by atoms with Crippen molar-refractivity contribution in [1.29, 1.82) is 0 Å². The number of fused-ring (bicyclic) bond motifs is 2. The third-order valence-electron chi connectivity index (χ3n) is 7.37. The van der Waals surface area contributed by atoms with Crippen molar-refractivity contribution in [3.8, 4) is 0 Å². The molecule has 0 bridgehead atoms. The second kappa shape index (κ2) is 11.1. The summed E-state index contributed by atoms with van der Waals surface area (Å²) >= 11 is 0. The largest absolute Gasteiger partial charge is 0.394 e. The van der Waals surface area contributed by atoms with E-state index in [4.69, 9.17) is 4.74 Å². The van der Waals surface area contributed by atoms with E-state index in [1.54, 1.807) is 22.8 Å². The number of rotatable bonds is 9. The summed E-state index contributed by atoms with van der Waals surface area (Å²) in [7, 11) is 0. The van der Waals surface area contributed by atoms with Gasteiger partial charge in [0.25, 0.3) is 5.91 Å². The van der Waals surface area contributed by atoms with Gasteiger partial charge in [-0.05, 0) is 37.1 Å².